The average Bonchev–Trinajstić information content (AvgIpc) is 2.43. The predicted molar refractivity (Wildman–Crippen MR) is 73.1 cm³/mol. The summed E-state index contributed by atoms with van der Waals surface area (Å²) in [6.45, 7) is 7.03. The third-order valence-corrected chi connectivity index (χ3v) is 2.21. The molecule has 0 spiro atoms. The van der Waals surface area contributed by atoms with Gasteiger partial charge in [0.25, 0.3) is 0 Å². The van der Waals surface area contributed by atoms with Gasteiger partial charge in [0.15, 0.2) is 6.10 Å². The smallest absolute Gasteiger partial charge is 0.346 e. The van der Waals surface area contributed by atoms with E-state index >= 15 is 0 Å². The molecule has 0 aliphatic carbocycles. The van der Waals surface area contributed by atoms with Crippen molar-refractivity contribution in [2.75, 3.05) is 19.8 Å². The summed E-state index contributed by atoms with van der Waals surface area (Å²) in [7, 11) is 0. The van der Waals surface area contributed by atoms with Crippen molar-refractivity contribution in [1.82, 2.24) is 0 Å². The van der Waals surface area contributed by atoms with Crippen LogP contribution in [0.25, 0.3) is 0 Å². The van der Waals surface area contributed by atoms with Crippen LogP contribution >= 0.6 is 0 Å². The van der Waals surface area contributed by atoms with E-state index in [1.54, 1.807) is 20.8 Å². The second-order valence-corrected chi connectivity index (χ2v) is 3.88. The van der Waals surface area contributed by atoms with E-state index in [2.05, 4.69) is 0 Å². The second kappa shape index (κ2) is 10.7. The summed E-state index contributed by atoms with van der Waals surface area (Å²) in [5.41, 5.74) is -0.0218. The first-order valence-electron chi connectivity index (χ1n) is 6.80. The van der Waals surface area contributed by atoms with Crippen molar-refractivity contribution < 1.29 is 33.3 Å². The van der Waals surface area contributed by atoms with Gasteiger partial charge >= 0.3 is 17.9 Å². The van der Waals surface area contributed by atoms with Crippen LogP contribution in [-0.4, -0.2) is 43.8 Å². The lowest BCUT2D eigenvalue weighted by atomic mass is 10.2. The molecule has 0 aromatic rings. The molecule has 0 aliphatic rings. The van der Waals surface area contributed by atoms with Crippen LogP contribution in [0, 0.1) is 0 Å². The standard InChI is InChI=1S/C14H22O7/c1-5-18-12(15)8-11(14(17)20-7-3)9-21-10(4)13(16)19-6-2/h9-10H,5-8H2,1-4H3/b11-9+/t10-/m0/s1. The van der Waals surface area contributed by atoms with Crippen LogP contribution in [0.2, 0.25) is 0 Å². The lowest BCUT2D eigenvalue weighted by Crippen LogP contribution is -2.22. The molecule has 0 aromatic carbocycles. The average molecular weight is 302 g/mol. The van der Waals surface area contributed by atoms with Crippen molar-refractivity contribution in [3.63, 3.8) is 0 Å². The number of carbonyl (C=O) groups excluding carboxylic acids is 3. The Hall–Kier alpha value is -2.05. The molecule has 0 fully saturated rings. The molecule has 0 radical (unpaired) electrons. The molecule has 0 unspecified atom stereocenters. The van der Waals surface area contributed by atoms with E-state index in [9.17, 15) is 14.4 Å². The Bertz CT molecular complexity index is 387. The monoisotopic (exact) mass is 302 g/mol. The maximum absolute atomic E-state index is 11.7. The highest BCUT2D eigenvalue weighted by Gasteiger charge is 2.19. The van der Waals surface area contributed by atoms with Crippen LogP contribution in [-0.2, 0) is 33.3 Å². The molecule has 0 aliphatic heterocycles. The Morgan fingerprint density at radius 3 is 2.05 bits per heavy atom. The molecule has 0 N–H and O–H groups in total. The van der Waals surface area contributed by atoms with Crippen molar-refractivity contribution >= 4 is 17.9 Å². The van der Waals surface area contributed by atoms with Crippen molar-refractivity contribution in [2.45, 2.75) is 40.2 Å². The zero-order valence-corrected chi connectivity index (χ0v) is 12.8. The van der Waals surface area contributed by atoms with Gasteiger partial charge in [-0.15, -0.1) is 0 Å². The van der Waals surface area contributed by atoms with Crippen LogP contribution in [0.4, 0.5) is 0 Å². The highest BCUT2D eigenvalue weighted by molar-refractivity contribution is 5.93. The summed E-state index contributed by atoms with van der Waals surface area (Å²) in [6.07, 6.45) is -0.143. The summed E-state index contributed by atoms with van der Waals surface area (Å²) < 4.78 is 19.5. The largest absolute Gasteiger partial charge is 0.486 e. The molecule has 7 nitrogen and oxygen atoms in total. The molecule has 0 saturated heterocycles. The molecule has 7 heteroatoms. The van der Waals surface area contributed by atoms with Gasteiger partial charge in [-0.3, -0.25) is 4.79 Å². The first-order chi connectivity index (χ1) is 9.96. The molecule has 1 atom stereocenters. The molecular weight excluding hydrogens is 280 g/mol. The van der Waals surface area contributed by atoms with Crippen molar-refractivity contribution in [2.24, 2.45) is 0 Å². The van der Waals surface area contributed by atoms with Gasteiger partial charge in [-0.1, -0.05) is 0 Å². The molecule has 0 saturated carbocycles. The molecule has 0 bridgehead atoms. The Balaban J connectivity index is 4.77. The zero-order valence-electron chi connectivity index (χ0n) is 12.8. The van der Waals surface area contributed by atoms with Gasteiger partial charge < -0.3 is 18.9 Å². The predicted octanol–water partition coefficient (Wildman–Crippen LogP) is 1.35. The Kier molecular flexibility index (Phi) is 9.66. The molecule has 0 heterocycles. The van der Waals surface area contributed by atoms with Gasteiger partial charge in [0.05, 0.1) is 38.1 Å². The van der Waals surface area contributed by atoms with E-state index < -0.39 is 24.0 Å². The third kappa shape index (κ3) is 7.96. The van der Waals surface area contributed by atoms with Crippen LogP contribution in [0.3, 0.4) is 0 Å². The molecule has 120 valence electrons. The van der Waals surface area contributed by atoms with Gasteiger partial charge in [-0.2, -0.15) is 0 Å². The number of ether oxygens (including phenoxy) is 4. The van der Waals surface area contributed by atoms with Gasteiger partial charge in [0, 0.05) is 0 Å². The van der Waals surface area contributed by atoms with Crippen LogP contribution in [0.5, 0.6) is 0 Å². The number of carbonyl (C=O) groups is 3. The van der Waals surface area contributed by atoms with Gasteiger partial charge in [0.1, 0.15) is 0 Å². The molecule has 0 amide bonds. The summed E-state index contributed by atoms with van der Waals surface area (Å²) in [6, 6.07) is 0. The highest BCUT2D eigenvalue weighted by atomic mass is 16.6. The Morgan fingerprint density at radius 2 is 1.52 bits per heavy atom. The summed E-state index contributed by atoms with van der Waals surface area (Å²) in [5, 5.41) is 0. The SMILES string of the molecule is CCOC(=O)C/C(=C\O[C@@H](C)C(=O)OCC)C(=O)OCC. The van der Waals surface area contributed by atoms with E-state index in [-0.39, 0.29) is 31.8 Å². The summed E-state index contributed by atoms with van der Waals surface area (Å²) in [4.78, 5) is 34.5. The molecule has 0 aromatic heterocycles. The minimum atomic E-state index is -0.892. The minimum absolute atomic E-state index is 0.0218. The van der Waals surface area contributed by atoms with E-state index in [0.717, 1.165) is 6.26 Å². The summed E-state index contributed by atoms with van der Waals surface area (Å²) in [5.74, 6) is -1.83. The fourth-order valence-electron chi connectivity index (χ4n) is 1.25. The second-order valence-electron chi connectivity index (χ2n) is 3.88. The van der Waals surface area contributed by atoms with E-state index in [1.165, 1.54) is 6.92 Å². The highest BCUT2D eigenvalue weighted by Crippen LogP contribution is 2.08. The van der Waals surface area contributed by atoms with Crippen LogP contribution < -0.4 is 0 Å². The minimum Gasteiger partial charge on any atom is -0.486 e. The van der Waals surface area contributed by atoms with Gasteiger partial charge in [-0.05, 0) is 27.7 Å². The number of esters is 3. The van der Waals surface area contributed by atoms with Crippen molar-refractivity contribution in [1.29, 1.82) is 0 Å². The summed E-state index contributed by atoms with van der Waals surface area (Å²) >= 11 is 0. The molecule has 21 heavy (non-hydrogen) atoms. The maximum Gasteiger partial charge on any atom is 0.346 e. The van der Waals surface area contributed by atoms with E-state index in [1.807, 2.05) is 0 Å². The van der Waals surface area contributed by atoms with E-state index in [0.29, 0.717) is 0 Å². The fraction of sp³-hybridized carbons (Fsp3) is 0.643. The lowest BCUT2D eigenvalue weighted by Gasteiger charge is -2.12. The van der Waals surface area contributed by atoms with Crippen LogP contribution in [0.1, 0.15) is 34.1 Å². The molecule has 0 rings (SSSR count). The van der Waals surface area contributed by atoms with Crippen molar-refractivity contribution in [3.05, 3.63) is 11.8 Å². The first-order valence-corrected chi connectivity index (χ1v) is 6.80. The number of hydrogen-bond donors (Lipinski definition) is 0. The Labute approximate surface area is 124 Å². The topological polar surface area (TPSA) is 88.1 Å². The fourth-order valence-corrected chi connectivity index (χ4v) is 1.25. The normalized spacial score (nSPS) is 12.3. The quantitative estimate of drug-likeness (QED) is 0.275. The lowest BCUT2D eigenvalue weighted by molar-refractivity contribution is -0.152. The number of rotatable bonds is 9. The zero-order chi connectivity index (χ0) is 16.3. The van der Waals surface area contributed by atoms with Gasteiger partial charge in [-0.25, -0.2) is 9.59 Å². The van der Waals surface area contributed by atoms with Crippen molar-refractivity contribution in [3.8, 4) is 0 Å². The molecular formula is C14H22O7. The maximum atomic E-state index is 11.7. The van der Waals surface area contributed by atoms with Crippen LogP contribution in [0.15, 0.2) is 11.8 Å². The first kappa shape index (κ1) is 18.9. The van der Waals surface area contributed by atoms with Gasteiger partial charge in [0.2, 0.25) is 0 Å². The Morgan fingerprint density at radius 1 is 0.952 bits per heavy atom. The number of hydrogen-bond acceptors (Lipinski definition) is 7. The van der Waals surface area contributed by atoms with E-state index in [4.69, 9.17) is 18.9 Å². The third-order valence-electron chi connectivity index (χ3n) is 2.21.